The van der Waals surface area contributed by atoms with Gasteiger partial charge in [-0.05, 0) is 50.2 Å². The van der Waals surface area contributed by atoms with Gasteiger partial charge < -0.3 is 14.0 Å². The molecule has 2 heterocycles. The number of rotatable bonds is 8. The minimum atomic E-state index is -0.368. The quantitative estimate of drug-likeness (QED) is 0.361. The molecule has 0 saturated heterocycles. The highest BCUT2D eigenvalue weighted by Gasteiger charge is 2.19. The maximum absolute atomic E-state index is 14.6. The zero-order chi connectivity index (χ0) is 21.8. The van der Waals surface area contributed by atoms with Crippen LogP contribution in [-0.2, 0) is 12.4 Å². The molecule has 9 heteroatoms. The van der Waals surface area contributed by atoms with E-state index in [2.05, 4.69) is 15.4 Å². The SMILES string of the molecule is COc1ccc(OCc2nnc(SCc3c(C)noc3C)n2-c2ccccc2F)cc1. The molecule has 4 rings (SSSR count). The highest BCUT2D eigenvalue weighted by atomic mass is 32.2. The second kappa shape index (κ2) is 9.22. The van der Waals surface area contributed by atoms with Crippen LogP contribution in [0.3, 0.4) is 0 Å². The number of halogens is 1. The van der Waals surface area contributed by atoms with Crippen molar-refractivity contribution in [2.45, 2.75) is 31.4 Å². The average Bonchev–Trinajstić information content (AvgIpc) is 3.33. The summed E-state index contributed by atoms with van der Waals surface area (Å²) in [4.78, 5) is 0. The maximum atomic E-state index is 14.6. The number of ether oxygens (including phenoxy) is 2. The summed E-state index contributed by atoms with van der Waals surface area (Å²) < 4.78 is 32.6. The molecule has 0 atom stereocenters. The van der Waals surface area contributed by atoms with Gasteiger partial charge in [0.15, 0.2) is 11.0 Å². The van der Waals surface area contributed by atoms with E-state index in [1.807, 2.05) is 26.0 Å². The molecule has 0 fully saturated rings. The number of hydrogen-bond acceptors (Lipinski definition) is 7. The van der Waals surface area contributed by atoms with Crippen molar-refractivity contribution in [3.05, 3.63) is 77.2 Å². The van der Waals surface area contributed by atoms with Crippen molar-refractivity contribution in [2.24, 2.45) is 0 Å². The van der Waals surface area contributed by atoms with Crippen molar-refractivity contribution in [1.82, 2.24) is 19.9 Å². The van der Waals surface area contributed by atoms with Crippen molar-refractivity contribution in [3.8, 4) is 17.2 Å². The fourth-order valence-corrected chi connectivity index (χ4v) is 4.14. The molecule has 31 heavy (non-hydrogen) atoms. The lowest BCUT2D eigenvalue weighted by molar-refractivity contribution is 0.292. The van der Waals surface area contributed by atoms with Crippen molar-refractivity contribution in [1.29, 1.82) is 0 Å². The zero-order valence-corrected chi connectivity index (χ0v) is 18.1. The normalized spacial score (nSPS) is 11.0. The van der Waals surface area contributed by atoms with E-state index in [1.54, 1.807) is 42.0 Å². The first-order valence-electron chi connectivity index (χ1n) is 9.57. The van der Waals surface area contributed by atoms with Crippen molar-refractivity contribution in [3.63, 3.8) is 0 Å². The molecule has 2 aromatic heterocycles. The number of methoxy groups -OCH3 is 1. The first kappa shape index (κ1) is 20.9. The van der Waals surface area contributed by atoms with E-state index in [0.717, 1.165) is 22.8 Å². The Bertz CT molecular complexity index is 1150. The van der Waals surface area contributed by atoms with Crippen LogP contribution in [0.5, 0.6) is 11.5 Å². The second-order valence-corrected chi connectivity index (χ2v) is 7.68. The van der Waals surface area contributed by atoms with E-state index in [0.29, 0.717) is 28.2 Å². The standard InChI is InChI=1S/C22H21FN4O3S/c1-14-18(15(2)30-26-14)13-31-22-25-24-21(27(22)20-7-5-4-6-19(20)23)12-29-17-10-8-16(28-3)9-11-17/h4-11H,12-13H2,1-3H3. The zero-order valence-electron chi connectivity index (χ0n) is 17.3. The van der Waals surface area contributed by atoms with E-state index >= 15 is 0 Å². The molecular weight excluding hydrogens is 419 g/mol. The summed E-state index contributed by atoms with van der Waals surface area (Å²) >= 11 is 1.43. The van der Waals surface area contributed by atoms with Crippen LogP contribution in [0, 0.1) is 19.7 Å². The van der Waals surface area contributed by atoms with Crippen LogP contribution in [0.25, 0.3) is 5.69 Å². The summed E-state index contributed by atoms with van der Waals surface area (Å²) in [6, 6.07) is 13.7. The first-order valence-corrected chi connectivity index (χ1v) is 10.6. The lowest BCUT2D eigenvalue weighted by Crippen LogP contribution is -2.08. The molecule has 7 nitrogen and oxygen atoms in total. The number of nitrogens with zero attached hydrogens (tertiary/aromatic N) is 4. The van der Waals surface area contributed by atoms with Crippen LogP contribution < -0.4 is 9.47 Å². The Morgan fingerprint density at radius 2 is 1.77 bits per heavy atom. The number of hydrogen-bond donors (Lipinski definition) is 0. The molecule has 0 unspecified atom stereocenters. The summed E-state index contributed by atoms with van der Waals surface area (Å²) in [5.74, 6) is 2.83. The van der Waals surface area contributed by atoms with Crippen LogP contribution >= 0.6 is 11.8 Å². The molecule has 0 bridgehead atoms. The van der Waals surface area contributed by atoms with E-state index in [-0.39, 0.29) is 12.4 Å². The maximum Gasteiger partial charge on any atom is 0.196 e. The third-order valence-electron chi connectivity index (χ3n) is 4.75. The number of aromatic nitrogens is 4. The van der Waals surface area contributed by atoms with Gasteiger partial charge in [0.1, 0.15) is 29.7 Å². The fourth-order valence-electron chi connectivity index (χ4n) is 3.03. The fraction of sp³-hybridized carbons (Fsp3) is 0.227. The average molecular weight is 441 g/mol. The van der Waals surface area contributed by atoms with E-state index in [9.17, 15) is 4.39 Å². The van der Waals surface area contributed by atoms with Crippen LogP contribution in [0.2, 0.25) is 0 Å². The molecule has 0 spiro atoms. The van der Waals surface area contributed by atoms with Crippen molar-refractivity contribution < 1.29 is 18.4 Å². The van der Waals surface area contributed by atoms with Gasteiger partial charge in [0.25, 0.3) is 0 Å². The molecule has 0 N–H and O–H groups in total. The molecular formula is C22H21FN4O3S. The summed E-state index contributed by atoms with van der Waals surface area (Å²) in [5, 5.41) is 13.1. The molecule has 2 aromatic carbocycles. The number of thioether (sulfide) groups is 1. The Balaban J connectivity index is 1.61. The third-order valence-corrected chi connectivity index (χ3v) is 5.70. The predicted octanol–water partition coefficient (Wildman–Crippen LogP) is 4.89. The van der Waals surface area contributed by atoms with Crippen LogP contribution in [0.1, 0.15) is 22.8 Å². The third kappa shape index (κ3) is 4.56. The number of benzene rings is 2. The first-order chi connectivity index (χ1) is 15.1. The summed E-state index contributed by atoms with van der Waals surface area (Å²) in [5.41, 5.74) is 2.18. The summed E-state index contributed by atoms with van der Waals surface area (Å²) in [7, 11) is 1.61. The van der Waals surface area contributed by atoms with Gasteiger partial charge in [-0.25, -0.2) is 4.39 Å². The minimum absolute atomic E-state index is 0.125. The van der Waals surface area contributed by atoms with Crippen LogP contribution in [0.4, 0.5) is 4.39 Å². The Kier molecular flexibility index (Phi) is 6.22. The number of para-hydroxylation sites is 1. The molecule has 0 radical (unpaired) electrons. The van der Waals surface area contributed by atoms with Gasteiger partial charge in [-0.15, -0.1) is 10.2 Å². The molecule has 0 saturated carbocycles. The topological polar surface area (TPSA) is 75.2 Å². The monoisotopic (exact) mass is 440 g/mol. The lowest BCUT2D eigenvalue weighted by atomic mass is 10.2. The Hall–Kier alpha value is -3.33. The van der Waals surface area contributed by atoms with Gasteiger partial charge in [-0.1, -0.05) is 29.1 Å². The molecule has 0 aliphatic rings. The van der Waals surface area contributed by atoms with Gasteiger partial charge in [0.05, 0.1) is 18.5 Å². The van der Waals surface area contributed by atoms with E-state index in [1.165, 1.54) is 17.8 Å². The molecule has 0 amide bonds. The van der Waals surface area contributed by atoms with Gasteiger partial charge in [-0.2, -0.15) is 0 Å². The van der Waals surface area contributed by atoms with Gasteiger partial charge in [0, 0.05) is 11.3 Å². The van der Waals surface area contributed by atoms with Crippen LogP contribution in [0.15, 0.2) is 58.2 Å². The Labute approximate surface area is 183 Å². The highest BCUT2D eigenvalue weighted by molar-refractivity contribution is 7.98. The van der Waals surface area contributed by atoms with Gasteiger partial charge in [0.2, 0.25) is 0 Å². The highest BCUT2D eigenvalue weighted by Crippen LogP contribution is 2.29. The molecule has 0 aliphatic carbocycles. The minimum Gasteiger partial charge on any atom is -0.497 e. The number of aryl methyl sites for hydroxylation is 2. The van der Waals surface area contributed by atoms with Gasteiger partial charge >= 0.3 is 0 Å². The molecule has 4 aromatic rings. The molecule has 0 aliphatic heterocycles. The smallest absolute Gasteiger partial charge is 0.196 e. The van der Waals surface area contributed by atoms with Crippen molar-refractivity contribution in [2.75, 3.05) is 7.11 Å². The second-order valence-electron chi connectivity index (χ2n) is 6.74. The molecule has 160 valence electrons. The summed E-state index contributed by atoms with van der Waals surface area (Å²) in [6.45, 7) is 3.88. The van der Waals surface area contributed by atoms with E-state index < -0.39 is 0 Å². The van der Waals surface area contributed by atoms with Gasteiger partial charge in [-0.3, -0.25) is 4.57 Å². The van der Waals surface area contributed by atoms with E-state index in [4.69, 9.17) is 14.0 Å². The largest absolute Gasteiger partial charge is 0.497 e. The predicted molar refractivity (Wildman–Crippen MR) is 114 cm³/mol. The van der Waals surface area contributed by atoms with Crippen LogP contribution in [-0.4, -0.2) is 27.0 Å². The Morgan fingerprint density at radius 1 is 1.03 bits per heavy atom. The lowest BCUT2D eigenvalue weighted by Gasteiger charge is -2.12. The Morgan fingerprint density at radius 3 is 2.45 bits per heavy atom. The van der Waals surface area contributed by atoms with Crippen molar-refractivity contribution >= 4 is 11.8 Å². The summed E-state index contributed by atoms with van der Waals surface area (Å²) in [6.07, 6.45) is 0.